The van der Waals surface area contributed by atoms with E-state index in [4.69, 9.17) is 18.0 Å². The molecule has 3 nitrogen and oxygen atoms in total. The first-order valence-electron chi connectivity index (χ1n) is 6.62. The molecule has 1 heterocycles. The van der Waals surface area contributed by atoms with Crippen molar-refractivity contribution in [3.8, 4) is 0 Å². The zero-order valence-electron chi connectivity index (χ0n) is 11.3. The molecule has 1 fully saturated rings. The molecule has 1 aromatic carbocycles. The van der Waals surface area contributed by atoms with Crippen molar-refractivity contribution in [2.75, 3.05) is 18.1 Å². The molecule has 3 rings (SSSR count). The number of anilines is 1. The summed E-state index contributed by atoms with van der Waals surface area (Å²) < 4.78 is 0.387. The molecule has 1 aliphatic carbocycles. The van der Waals surface area contributed by atoms with Crippen molar-refractivity contribution < 1.29 is 0 Å². The number of nitrogens with two attached hydrogens (primary N) is 1. The molecule has 1 aromatic heterocycles. The zero-order chi connectivity index (χ0) is 14.2. The lowest BCUT2D eigenvalue weighted by Gasteiger charge is -2.18. The molecule has 0 radical (unpaired) electrons. The number of rotatable bonds is 5. The van der Waals surface area contributed by atoms with Gasteiger partial charge in [-0.15, -0.1) is 0 Å². The summed E-state index contributed by atoms with van der Waals surface area (Å²) >= 11 is 7.09. The van der Waals surface area contributed by atoms with Crippen LogP contribution in [0.2, 0.25) is 0 Å². The van der Waals surface area contributed by atoms with Crippen LogP contribution in [0.3, 0.4) is 0 Å². The zero-order valence-corrected chi connectivity index (χ0v) is 13.0. The molecular formula is C15H17N3S2. The number of pyridine rings is 1. The smallest absolute Gasteiger partial charge is 0.107 e. The number of thioether (sulfide) groups is 1. The molecule has 0 atom stereocenters. The standard InChI is InChI=1S/C15H17N3S2/c1-20-15(6-7-15)9-18-13-10-4-2-3-5-12(10)17-8-11(13)14(16)19/h2-5,8H,6-7,9H2,1H3,(H2,16,19)(H,17,18). The second-order valence-electron chi connectivity index (χ2n) is 5.17. The summed E-state index contributed by atoms with van der Waals surface area (Å²) in [6, 6.07) is 8.07. The predicted molar refractivity (Wildman–Crippen MR) is 91.6 cm³/mol. The maximum atomic E-state index is 5.84. The Morgan fingerprint density at radius 3 is 2.85 bits per heavy atom. The number of hydrogen-bond donors (Lipinski definition) is 2. The minimum absolute atomic E-state index is 0.387. The number of thiocarbonyl (C=S) groups is 1. The highest BCUT2D eigenvalue weighted by Gasteiger charge is 2.41. The van der Waals surface area contributed by atoms with E-state index >= 15 is 0 Å². The van der Waals surface area contributed by atoms with Crippen LogP contribution in [0, 0.1) is 0 Å². The third kappa shape index (κ3) is 2.47. The largest absolute Gasteiger partial charge is 0.389 e. The summed E-state index contributed by atoms with van der Waals surface area (Å²) in [6.07, 6.45) is 6.48. The Bertz CT molecular complexity index is 665. The summed E-state index contributed by atoms with van der Waals surface area (Å²) in [6.45, 7) is 0.942. The van der Waals surface area contributed by atoms with E-state index in [0.717, 1.165) is 28.7 Å². The van der Waals surface area contributed by atoms with E-state index in [1.165, 1.54) is 12.8 Å². The molecule has 3 N–H and O–H groups in total. The molecular weight excluding hydrogens is 286 g/mol. The van der Waals surface area contributed by atoms with Crippen LogP contribution in [-0.2, 0) is 0 Å². The average Bonchev–Trinajstić information content (AvgIpc) is 3.25. The first-order valence-corrected chi connectivity index (χ1v) is 8.25. The lowest BCUT2D eigenvalue weighted by atomic mass is 10.1. The SMILES string of the molecule is CSC1(CNc2c(C(N)=S)cnc3ccccc23)CC1. The van der Waals surface area contributed by atoms with Gasteiger partial charge in [-0.25, -0.2) is 0 Å². The number of hydrogen-bond acceptors (Lipinski definition) is 4. The summed E-state index contributed by atoms with van der Waals surface area (Å²) in [5.41, 5.74) is 8.65. The summed E-state index contributed by atoms with van der Waals surface area (Å²) in [5.74, 6) is 0. The molecule has 0 bridgehead atoms. The summed E-state index contributed by atoms with van der Waals surface area (Å²) in [7, 11) is 0. The van der Waals surface area contributed by atoms with Gasteiger partial charge in [-0.3, -0.25) is 4.98 Å². The Morgan fingerprint density at radius 2 is 2.20 bits per heavy atom. The Hall–Kier alpha value is -1.33. The van der Waals surface area contributed by atoms with E-state index in [0.29, 0.717) is 9.74 Å². The van der Waals surface area contributed by atoms with Crippen molar-refractivity contribution in [1.82, 2.24) is 4.98 Å². The Balaban J connectivity index is 2.01. The van der Waals surface area contributed by atoms with Crippen molar-refractivity contribution in [2.45, 2.75) is 17.6 Å². The molecule has 0 spiro atoms. The third-order valence-corrected chi connectivity index (χ3v) is 5.51. The Labute approximate surface area is 128 Å². The van der Waals surface area contributed by atoms with Crippen LogP contribution in [0.25, 0.3) is 10.9 Å². The van der Waals surface area contributed by atoms with E-state index < -0.39 is 0 Å². The van der Waals surface area contributed by atoms with Gasteiger partial charge < -0.3 is 11.1 Å². The van der Waals surface area contributed by atoms with Crippen LogP contribution in [0.5, 0.6) is 0 Å². The number of para-hydroxylation sites is 1. The molecule has 104 valence electrons. The normalized spacial score (nSPS) is 16.1. The topological polar surface area (TPSA) is 50.9 Å². The van der Waals surface area contributed by atoms with E-state index in [2.05, 4.69) is 22.6 Å². The third-order valence-electron chi connectivity index (χ3n) is 3.87. The van der Waals surface area contributed by atoms with Crippen molar-refractivity contribution >= 4 is 45.6 Å². The van der Waals surface area contributed by atoms with E-state index in [9.17, 15) is 0 Å². The lowest BCUT2D eigenvalue weighted by Crippen LogP contribution is -2.21. The van der Waals surface area contributed by atoms with E-state index in [-0.39, 0.29) is 0 Å². The fourth-order valence-electron chi connectivity index (χ4n) is 2.36. The Morgan fingerprint density at radius 1 is 1.45 bits per heavy atom. The van der Waals surface area contributed by atoms with Gasteiger partial charge in [0.05, 0.1) is 16.8 Å². The van der Waals surface area contributed by atoms with Gasteiger partial charge in [-0.05, 0) is 25.2 Å². The summed E-state index contributed by atoms with van der Waals surface area (Å²) in [4.78, 5) is 4.82. The van der Waals surface area contributed by atoms with Gasteiger partial charge in [0.25, 0.3) is 0 Å². The number of benzene rings is 1. The van der Waals surface area contributed by atoms with E-state index in [1.807, 2.05) is 30.0 Å². The maximum absolute atomic E-state index is 5.84. The number of fused-ring (bicyclic) bond motifs is 1. The molecule has 0 saturated heterocycles. The fraction of sp³-hybridized carbons (Fsp3) is 0.333. The molecule has 0 aliphatic heterocycles. The van der Waals surface area contributed by atoms with Crippen LogP contribution >= 0.6 is 24.0 Å². The highest BCUT2D eigenvalue weighted by atomic mass is 32.2. The second-order valence-corrected chi connectivity index (χ2v) is 6.88. The van der Waals surface area contributed by atoms with Crippen LogP contribution in [0.4, 0.5) is 5.69 Å². The quantitative estimate of drug-likeness (QED) is 0.831. The molecule has 1 saturated carbocycles. The number of nitrogens with zero attached hydrogens (tertiary/aromatic N) is 1. The summed E-state index contributed by atoms with van der Waals surface area (Å²) in [5, 5.41) is 4.64. The van der Waals surface area contributed by atoms with Gasteiger partial charge in [0.2, 0.25) is 0 Å². The van der Waals surface area contributed by atoms with Crippen LogP contribution in [-0.4, -0.2) is 27.5 Å². The monoisotopic (exact) mass is 303 g/mol. The fourth-order valence-corrected chi connectivity index (χ4v) is 3.24. The van der Waals surface area contributed by atoms with Gasteiger partial charge in [0.15, 0.2) is 0 Å². The van der Waals surface area contributed by atoms with Gasteiger partial charge in [-0.1, -0.05) is 30.4 Å². The molecule has 1 aliphatic rings. The average molecular weight is 303 g/mol. The van der Waals surface area contributed by atoms with E-state index in [1.54, 1.807) is 6.20 Å². The van der Waals surface area contributed by atoms with Gasteiger partial charge in [0, 0.05) is 22.9 Å². The predicted octanol–water partition coefficient (Wildman–Crippen LogP) is 3.18. The van der Waals surface area contributed by atoms with Gasteiger partial charge >= 0.3 is 0 Å². The Kier molecular flexibility index (Phi) is 3.56. The van der Waals surface area contributed by atoms with Crippen molar-refractivity contribution in [2.24, 2.45) is 5.73 Å². The molecule has 0 amide bonds. The maximum Gasteiger partial charge on any atom is 0.107 e. The van der Waals surface area contributed by atoms with Gasteiger partial charge in [0.1, 0.15) is 4.99 Å². The number of nitrogens with one attached hydrogen (secondary N) is 1. The van der Waals surface area contributed by atoms with Crippen molar-refractivity contribution in [3.05, 3.63) is 36.0 Å². The van der Waals surface area contributed by atoms with Crippen LogP contribution in [0.15, 0.2) is 30.5 Å². The minimum atomic E-state index is 0.387. The molecule has 2 aromatic rings. The van der Waals surface area contributed by atoms with Crippen LogP contribution < -0.4 is 11.1 Å². The molecule has 5 heteroatoms. The second kappa shape index (κ2) is 5.22. The van der Waals surface area contributed by atoms with Crippen molar-refractivity contribution in [3.63, 3.8) is 0 Å². The van der Waals surface area contributed by atoms with Crippen molar-refractivity contribution in [1.29, 1.82) is 0 Å². The lowest BCUT2D eigenvalue weighted by molar-refractivity contribution is 0.950. The highest BCUT2D eigenvalue weighted by Crippen LogP contribution is 2.47. The number of aromatic nitrogens is 1. The van der Waals surface area contributed by atoms with Crippen LogP contribution in [0.1, 0.15) is 18.4 Å². The van der Waals surface area contributed by atoms with Gasteiger partial charge in [-0.2, -0.15) is 11.8 Å². The highest BCUT2D eigenvalue weighted by molar-refractivity contribution is 8.00. The molecule has 0 unspecified atom stereocenters. The molecule has 20 heavy (non-hydrogen) atoms. The first kappa shape index (κ1) is 13.6. The minimum Gasteiger partial charge on any atom is -0.389 e. The first-order chi connectivity index (χ1) is 9.65.